The van der Waals surface area contributed by atoms with E-state index >= 15 is 0 Å². The van der Waals surface area contributed by atoms with E-state index in [1.54, 1.807) is 45.0 Å². The predicted octanol–water partition coefficient (Wildman–Crippen LogP) is 2.45. The molecule has 1 fully saturated rings. The number of carbonyl (C=O) groups is 8. The zero-order chi connectivity index (χ0) is 44.1. The zero-order valence-corrected chi connectivity index (χ0v) is 35.3. The standard InChI is InChI=1S/C40H64N8O11/c1-7-28-23-33(51)48(37(28)54)20-11-9-10-14-32(50)45-34(26(3)4)36(53)44-31(13-12-19-42-38(41)55)35(52)43-29-17-15-27(16-18-29)24-58-39(56)46(5)21-22-47(6)40(57)59-25-30(49)8-2/h15-18,26,28,31,34,37,54H,7-14,19-25H2,1-6H3,(H,43,52)(H,44,53)(H,45,50)(H3,41,42,55)/t28?,31-,34-,37?/m0/s1. The van der Waals surface area contributed by atoms with Gasteiger partial charge in [-0.3, -0.25) is 24.0 Å². The number of nitrogens with zero attached hydrogens (tertiary/aromatic N) is 3. The molecule has 1 saturated heterocycles. The summed E-state index contributed by atoms with van der Waals surface area (Å²) >= 11 is 0. The number of ether oxygens (including phenoxy) is 2. The van der Waals surface area contributed by atoms with Crippen molar-refractivity contribution in [2.45, 2.75) is 110 Å². The SMILES string of the molecule is CCC(=O)COC(=O)N(C)CCN(C)C(=O)OCc1ccc(NC(=O)[C@H](CCCNC(N)=O)NC(=O)[C@@H](NC(=O)CCCCCN2C(=O)CC(CC)C2O)C(C)C)cc1. The van der Waals surface area contributed by atoms with Crippen molar-refractivity contribution < 1.29 is 52.9 Å². The van der Waals surface area contributed by atoms with Crippen LogP contribution in [0.25, 0.3) is 0 Å². The first-order valence-electron chi connectivity index (χ1n) is 20.2. The number of rotatable bonds is 25. The first kappa shape index (κ1) is 49.7. The van der Waals surface area contributed by atoms with Crippen LogP contribution < -0.4 is 27.0 Å². The largest absolute Gasteiger partial charge is 0.445 e. The maximum atomic E-state index is 13.5. The summed E-state index contributed by atoms with van der Waals surface area (Å²) in [6, 6.07) is 3.80. The number of carbonyl (C=O) groups excluding carboxylic acids is 8. The van der Waals surface area contributed by atoms with Crippen molar-refractivity contribution in [3.8, 4) is 0 Å². The third-order valence-electron chi connectivity index (χ3n) is 9.92. The molecule has 1 aliphatic rings. The van der Waals surface area contributed by atoms with E-state index in [4.69, 9.17) is 15.2 Å². The molecule has 0 aromatic heterocycles. The Balaban J connectivity index is 1.91. The first-order chi connectivity index (χ1) is 28.0. The number of hydrogen-bond acceptors (Lipinski definition) is 11. The van der Waals surface area contributed by atoms with Crippen LogP contribution in [0.1, 0.15) is 91.0 Å². The summed E-state index contributed by atoms with van der Waals surface area (Å²) in [5.74, 6) is -2.07. The van der Waals surface area contributed by atoms with Gasteiger partial charge in [0.15, 0.2) is 12.4 Å². The highest BCUT2D eigenvalue weighted by Crippen LogP contribution is 2.26. The van der Waals surface area contributed by atoms with Crippen LogP contribution >= 0.6 is 0 Å². The van der Waals surface area contributed by atoms with E-state index in [2.05, 4.69) is 21.3 Å². The second kappa shape index (κ2) is 25.8. The molecule has 19 nitrogen and oxygen atoms in total. The molecule has 59 heavy (non-hydrogen) atoms. The summed E-state index contributed by atoms with van der Waals surface area (Å²) < 4.78 is 10.3. The fourth-order valence-electron chi connectivity index (χ4n) is 6.04. The Morgan fingerprint density at radius 3 is 2.12 bits per heavy atom. The summed E-state index contributed by atoms with van der Waals surface area (Å²) in [6.07, 6.45) is 1.62. The molecule has 330 valence electrons. The molecule has 0 spiro atoms. The topological polar surface area (TPSA) is 259 Å². The molecule has 1 heterocycles. The number of nitrogens with one attached hydrogen (secondary N) is 4. The van der Waals surface area contributed by atoms with Crippen molar-refractivity contribution >= 4 is 53.3 Å². The van der Waals surface area contributed by atoms with Gasteiger partial charge in [0.05, 0.1) is 0 Å². The summed E-state index contributed by atoms with van der Waals surface area (Å²) in [6.45, 7) is 7.63. The number of aliphatic hydroxyl groups is 1. The lowest BCUT2D eigenvalue weighted by Gasteiger charge is -2.25. The zero-order valence-electron chi connectivity index (χ0n) is 35.3. The van der Waals surface area contributed by atoms with Crippen molar-refractivity contribution in [1.82, 2.24) is 30.7 Å². The molecule has 2 rings (SSSR count). The molecular formula is C40H64N8O11. The van der Waals surface area contributed by atoms with E-state index in [-0.39, 0.29) is 81.5 Å². The summed E-state index contributed by atoms with van der Waals surface area (Å²) in [4.78, 5) is 103. The monoisotopic (exact) mass is 832 g/mol. The number of ketones is 1. The Morgan fingerprint density at radius 1 is 0.898 bits per heavy atom. The van der Waals surface area contributed by atoms with Crippen LogP contribution in [-0.2, 0) is 40.1 Å². The van der Waals surface area contributed by atoms with Crippen LogP contribution in [0.3, 0.4) is 0 Å². The fraction of sp³-hybridized carbons (Fsp3) is 0.650. The maximum Gasteiger partial charge on any atom is 0.409 e. The normalized spacial score (nSPS) is 15.8. The van der Waals surface area contributed by atoms with Crippen molar-refractivity contribution in [3.63, 3.8) is 0 Å². The molecule has 0 aliphatic carbocycles. The molecule has 0 radical (unpaired) electrons. The molecule has 19 heteroatoms. The lowest BCUT2D eigenvalue weighted by Crippen LogP contribution is -2.54. The average molecular weight is 833 g/mol. The van der Waals surface area contributed by atoms with Gasteiger partial charge in [0.1, 0.15) is 24.9 Å². The van der Waals surface area contributed by atoms with Gasteiger partial charge in [0.25, 0.3) is 0 Å². The lowest BCUT2D eigenvalue weighted by molar-refractivity contribution is -0.133. The van der Waals surface area contributed by atoms with E-state index in [0.717, 1.165) is 6.42 Å². The smallest absolute Gasteiger partial charge is 0.409 e. The van der Waals surface area contributed by atoms with Crippen molar-refractivity contribution in [3.05, 3.63) is 29.8 Å². The highest BCUT2D eigenvalue weighted by atomic mass is 16.6. The number of aliphatic hydroxyl groups excluding tert-OH is 1. The van der Waals surface area contributed by atoms with Gasteiger partial charge in [-0.25, -0.2) is 14.4 Å². The van der Waals surface area contributed by atoms with E-state index < -0.39 is 48.3 Å². The van der Waals surface area contributed by atoms with Crippen LogP contribution in [0.5, 0.6) is 0 Å². The number of hydrogen-bond donors (Lipinski definition) is 6. The highest BCUT2D eigenvalue weighted by molar-refractivity contribution is 5.98. The number of nitrogens with two attached hydrogens (primary N) is 1. The Morgan fingerprint density at radius 2 is 1.54 bits per heavy atom. The van der Waals surface area contributed by atoms with Gasteiger partial charge in [-0.2, -0.15) is 0 Å². The second-order valence-electron chi connectivity index (χ2n) is 15.0. The number of primary amides is 1. The minimum absolute atomic E-state index is 0.0604. The average Bonchev–Trinajstić information content (AvgIpc) is 3.48. The Labute approximate surface area is 346 Å². The molecule has 4 atom stereocenters. The van der Waals surface area contributed by atoms with Crippen molar-refractivity contribution in [2.24, 2.45) is 17.6 Å². The quantitative estimate of drug-likeness (QED) is 0.0780. The van der Waals surface area contributed by atoms with Gasteiger partial charge < -0.3 is 56.3 Å². The highest BCUT2D eigenvalue weighted by Gasteiger charge is 2.36. The Hall–Kier alpha value is -5.46. The Kier molecular flexibility index (Phi) is 21.7. The molecule has 0 saturated carbocycles. The van der Waals surface area contributed by atoms with Crippen molar-refractivity contribution in [1.29, 1.82) is 0 Å². The number of benzene rings is 1. The van der Waals surface area contributed by atoms with Gasteiger partial charge in [-0.1, -0.05) is 46.2 Å². The van der Waals surface area contributed by atoms with E-state index in [1.807, 2.05) is 6.92 Å². The van der Waals surface area contributed by atoms with Gasteiger partial charge in [0.2, 0.25) is 23.6 Å². The van der Waals surface area contributed by atoms with Gasteiger partial charge in [-0.15, -0.1) is 0 Å². The number of Topliss-reactive ketones (excluding diaryl/α,β-unsaturated/α-hetero) is 1. The van der Waals surface area contributed by atoms with Crippen LogP contribution in [0.2, 0.25) is 0 Å². The minimum Gasteiger partial charge on any atom is -0.445 e. The van der Waals surface area contributed by atoms with Gasteiger partial charge in [-0.05, 0) is 55.7 Å². The summed E-state index contributed by atoms with van der Waals surface area (Å²) in [5.41, 5.74) is 6.19. The molecular weight excluding hydrogens is 768 g/mol. The summed E-state index contributed by atoms with van der Waals surface area (Å²) in [7, 11) is 3.00. The predicted molar refractivity (Wildman–Crippen MR) is 217 cm³/mol. The molecule has 8 amide bonds. The maximum absolute atomic E-state index is 13.5. The minimum atomic E-state index is -1.04. The van der Waals surface area contributed by atoms with Gasteiger partial charge >= 0.3 is 18.2 Å². The third kappa shape index (κ3) is 17.9. The van der Waals surface area contributed by atoms with Crippen LogP contribution in [0.15, 0.2) is 24.3 Å². The summed E-state index contributed by atoms with van der Waals surface area (Å²) in [5, 5.41) is 21.1. The third-order valence-corrected chi connectivity index (χ3v) is 9.92. The van der Waals surface area contributed by atoms with Gasteiger partial charge in [0, 0.05) is 71.1 Å². The molecule has 7 N–H and O–H groups in total. The molecule has 1 aliphatic heterocycles. The van der Waals surface area contributed by atoms with E-state index in [1.165, 1.54) is 28.8 Å². The van der Waals surface area contributed by atoms with Crippen molar-refractivity contribution in [2.75, 3.05) is 52.2 Å². The number of urea groups is 1. The van der Waals surface area contributed by atoms with Crippen LogP contribution in [0, 0.1) is 11.8 Å². The number of anilines is 1. The first-order valence-corrected chi connectivity index (χ1v) is 20.2. The van der Waals surface area contributed by atoms with Crippen LogP contribution in [-0.4, -0.2) is 133 Å². The number of likely N-dealkylation sites (tertiary alicyclic amines) is 1. The molecule has 0 bridgehead atoms. The van der Waals surface area contributed by atoms with E-state index in [0.29, 0.717) is 49.9 Å². The second-order valence-corrected chi connectivity index (χ2v) is 15.0. The molecule has 1 aromatic rings. The number of amides is 8. The lowest BCUT2D eigenvalue weighted by atomic mass is 10.0. The van der Waals surface area contributed by atoms with E-state index in [9.17, 15) is 43.5 Å². The molecule has 1 aromatic carbocycles. The van der Waals surface area contributed by atoms with Crippen LogP contribution in [0.4, 0.5) is 20.1 Å². The fourth-order valence-corrected chi connectivity index (χ4v) is 6.04. The Bertz CT molecular complexity index is 1580. The molecule has 2 unspecified atom stereocenters. The number of likely N-dealkylation sites (N-methyl/N-ethyl adjacent to an activating group) is 2. The number of unbranched alkanes of at least 4 members (excludes halogenated alkanes) is 2.